The Morgan fingerprint density at radius 1 is 1.47 bits per heavy atom. The highest BCUT2D eigenvalue weighted by atomic mass is 19.1. The van der Waals surface area contributed by atoms with Crippen molar-refractivity contribution >= 4 is 5.69 Å². The summed E-state index contributed by atoms with van der Waals surface area (Å²) in [5.74, 6) is -0.117. The number of nitrogens with one attached hydrogen (secondary N) is 1. The summed E-state index contributed by atoms with van der Waals surface area (Å²) in [5, 5.41) is 3.54. The number of benzene rings is 1. The van der Waals surface area contributed by atoms with Gasteiger partial charge < -0.3 is 10.2 Å². The molecule has 0 aliphatic carbocycles. The van der Waals surface area contributed by atoms with E-state index >= 15 is 0 Å². The lowest BCUT2D eigenvalue weighted by atomic mass is 10.1. The van der Waals surface area contributed by atoms with E-state index in [9.17, 15) is 4.39 Å². The normalized spacial score (nSPS) is 21.4. The molecule has 0 radical (unpaired) electrons. The summed E-state index contributed by atoms with van der Waals surface area (Å²) in [6.45, 7) is 7.18. The molecule has 1 aliphatic heterocycles. The lowest BCUT2D eigenvalue weighted by molar-refractivity contribution is 0.528. The Morgan fingerprint density at radius 2 is 2.29 bits per heavy atom. The van der Waals surface area contributed by atoms with Gasteiger partial charge in [-0.25, -0.2) is 4.39 Å². The van der Waals surface area contributed by atoms with Gasteiger partial charge in [0.1, 0.15) is 5.82 Å². The van der Waals surface area contributed by atoms with E-state index in [-0.39, 0.29) is 5.82 Å². The highest BCUT2D eigenvalue weighted by Crippen LogP contribution is 2.20. The van der Waals surface area contributed by atoms with E-state index in [0.29, 0.717) is 6.04 Å². The van der Waals surface area contributed by atoms with Crippen molar-refractivity contribution in [3.8, 4) is 0 Å². The van der Waals surface area contributed by atoms with Crippen molar-refractivity contribution in [3.05, 3.63) is 29.6 Å². The van der Waals surface area contributed by atoms with Crippen LogP contribution in [0.4, 0.5) is 10.1 Å². The summed E-state index contributed by atoms with van der Waals surface area (Å²) >= 11 is 0. The predicted octanol–water partition coefficient (Wildman–Crippen LogP) is 2.71. The van der Waals surface area contributed by atoms with Crippen LogP contribution in [0.25, 0.3) is 0 Å². The maximum Gasteiger partial charge on any atom is 0.126 e. The molecule has 0 amide bonds. The SMILES string of the molecule is CCC1CN(c2ccc(F)c(C)c2)CCCN1. The molecule has 2 rings (SSSR count). The third kappa shape index (κ3) is 2.97. The summed E-state index contributed by atoms with van der Waals surface area (Å²) < 4.78 is 13.3. The number of rotatable bonds is 2. The van der Waals surface area contributed by atoms with Crippen molar-refractivity contribution in [2.45, 2.75) is 32.7 Å². The molecule has 0 bridgehead atoms. The summed E-state index contributed by atoms with van der Waals surface area (Å²) in [7, 11) is 0. The number of hydrogen-bond acceptors (Lipinski definition) is 2. The van der Waals surface area contributed by atoms with Crippen LogP contribution in [-0.2, 0) is 0 Å². The largest absolute Gasteiger partial charge is 0.370 e. The number of halogens is 1. The maximum atomic E-state index is 13.3. The highest BCUT2D eigenvalue weighted by Gasteiger charge is 2.16. The van der Waals surface area contributed by atoms with E-state index in [1.54, 1.807) is 6.07 Å². The predicted molar refractivity (Wildman–Crippen MR) is 70.0 cm³/mol. The zero-order valence-corrected chi connectivity index (χ0v) is 10.7. The van der Waals surface area contributed by atoms with Crippen LogP contribution in [0.2, 0.25) is 0 Å². The molecule has 94 valence electrons. The zero-order valence-electron chi connectivity index (χ0n) is 10.7. The van der Waals surface area contributed by atoms with Crippen LogP contribution in [0.5, 0.6) is 0 Å². The summed E-state index contributed by atoms with van der Waals surface area (Å²) in [6, 6.07) is 5.96. The second-order valence-corrected chi connectivity index (χ2v) is 4.79. The van der Waals surface area contributed by atoms with Gasteiger partial charge >= 0.3 is 0 Å². The average Bonchev–Trinajstić information content (AvgIpc) is 2.58. The Hall–Kier alpha value is -1.09. The molecule has 1 heterocycles. The molecule has 0 aromatic heterocycles. The minimum absolute atomic E-state index is 0.117. The Morgan fingerprint density at radius 3 is 3.00 bits per heavy atom. The molecule has 1 aromatic rings. The van der Waals surface area contributed by atoms with Crippen LogP contribution < -0.4 is 10.2 Å². The standard InChI is InChI=1S/C14H21FN2/c1-3-12-10-17(8-4-7-16-12)13-5-6-14(15)11(2)9-13/h5-6,9,12,16H,3-4,7-8,10H2,1-2H3. The van der Waals surface area contributed by atoms with Crippen LogP contribution in [0.3, 0.4) is 0 Å². The molecular weight excluding hydrogens is 215 g/mol. The number of nitrogens with zero attached hydrogens (tertiary/aromatic N) is 1. The van der Waals surface area contributed by atoms with Crippen molar-refractivity contribution in [2.75, 3.05) is 24.5 Å². The van der Waals surface area contributed by atoms with E-state index in [1.807, 2.05) is 19.1 Å². The lowest BCUT2D eigenvalue weighted by Gasteiger charge is -2.26. The molecule has 3 heteroatoms. The molecule has 0 saturated carbocycles. The first kappa shape index (κ1) is 12.4. The highest BCUT2D eigenvalue weighted by molar-refractivity contribution is 5.49. The Labute approximate surface area is 103 Å². The van der Waals surface area contributed by atoms with Gasteiger partial charge in [0.05, 0.1) is 0 Å². The molecule has 1 fully saturated rings. The van der Waals surface area contributed by atoms with Crippen LogP contribution in [-0.4, -0.2) is 25.7 Å². The molecule has 1 unspecified atom stereocenters. The van der Waals surface area contributed by atoms with Gasteiger partial charge in [-0.15, -0.1) is 0 Å². The quantitative estimate of drug-likeness (QED) is 0.849. The van der Waals surface area contributed by atoms with Gasteiger partial charge in [0, 0.05) is 24.8 Å². The van der Waals surface area contributed by atoms with Crippen LogP contribution in [0.15, 0.2) is 18.2 Å². The minimum atomic E-state index is -0.117. The Balaban J connectivity index is 2.16. The summed E-state index contributed by atoms with van der Waals surface area (Å²) in [4.78, 5) is 2.36. The van der Waals surface area contributed by atoms with Crippen molar-refractivity contribution in [1.29, 1.82) is 0 Å². The molecule has 1 saturated heterocycles. The fraction of sp³-hybridized carbons (Fsp3) is 0.571. The minimum Gasteiger partial charge on any atom is -0.370 e. The molecule has 2 nitrogen and oxygen atoms in total. The Kier molecular flexibility index (Phi) is 4.00. The monoisotopic (exact) mass is 236 g/mol. The molecular formula is C14H21FN2. The first-order chi connectivity index (χ1) is 8.20. The van der Waals surface area contributed by atoms with Crippen LogP contribution in [0.1, 0.15) is 25.3 Å². The van der Waals surface area contributed by atoms with Crippen LogP contribution >= 0.6 is 0 Å². The smallest absolute Gasteiger partial charge is 0.126 e. The average molecular weight is 236 g/mol. The van der Waals surface area contributed by atoms with Crippen LogP contribution in [0, 0.1) is 12.7 Å². The van der Waals surface area contributed by atoms with Crippen molar-refractivity contribution in [2.24, 2.45) is 0 Å². The molecule has 0 spiro atoms. The molecule has 17 heavy (non-hydrogen) atoms. The Bertz CT molecular complexity index is 378. The number of aryl methyl sites for hydroxylation is 1. The summed E-state index contributed by atoms with van der Waals surface area (Å²) in [6.07, 6.45) is 2.28. The topological polar surface area (TPSA) is 15.3 Å². The number of anilines is 1. The van der Waals surface area contributed by atoms with Gasteiger partial charge in [0.15, 0.2) is 0 Å². The van der Waals surface area contributed by atoms with Gasteiger partial charge in [0.2, 0.25) is 0 Å². The van der Waals surface area contributed by atoms with Gasteiger partial charge in [-0.1, -0.05) is 6.92 Å². The second kappa shape index (κ2) is 5.50. The summed E-state index contributed by atoms with van der Waals surface area (Å²) in [5.41, 5.74) is 1.87. The first-order valence-corrected chi connectivity index (χ1v) is 6.45. The van der Waals surface area contributed by atoms with E-state index in [2.05, 4.69) is 17.1 Å². The molecule has 1 aromatic carbocycles. The third-order valence-corrected chi connectivity index (χ3v) is 3.48. The lowest BCUT2D eigenvalue weighted by Crippen LogP contribution is -2.37. The van der Waals surface area contributed by atoms with Gasteiger partial charge in [-0.2, -0.15) is 0 Å². The van der Waals surface area contributed by atoms with Gasteiger partial charge in [0.25, 0.3) is 0 Å². The zero-order chi connectivity index (χ0) is 12.3. The van der Waals surface area contributed by atoms with E-state index in [1.165, 1.54) is 0 Å². The van der Waals surface area contributed by atoms with E-state index in [4.69, 9.17) is 0 Å². The molecule has 1 atom stereocenters. The molecule has 1 N–H and O–H groups in total. The van der Waals surface area contributed by atoms with Gasteiger partial charge in [-0.3, -0.25) is 0 Å². The second-order valence-electron chi connectivity index (χ2n) is 4.79. The fourth-order valence-corrected chi connectivity index (χ4v) is 2.33. The maximum absolute atomic E-state index is 13.3. The van der Waals surface area contributed by atoms with Crippen molar-refractivity contribution in [3.63, 3.8) is 0 Å². The number of hydrogen-bond donors (Lipinski definition) is 1. The first-order valence-electron chi connectivity index (χ1n) is 6.45. The van der Waals surface area contributed by atoms with E-state index < -0.39 is 0 Å². The van der Waals surface area contributed by atoms with Crippen molar-refractivity contribution < 1.29 is 4.39 Å². The molecule has 1 aliphatic rings. The third-order valence-electron chi connectivity index (χ3n) is 3.48. The van der Waals surface area contributed by atoms with E-state index in [0.717, 1.165) is 43.7 Å². The van der Waals surface area contributed by atoms with Gasteiger partial charge in [-0.05, 0) is 50.1 Å². The fourth-order valence-electron chi connectivity index (χ4n) is 2.33. The van der Waals surface area contributed by atoms with Crippen molar-refractivity contribution in [1.82, 2.24) is 5.32 Å².